The molecule has 0 aromatic heterocycles. The van der Waals surface area contributed by atoms with E-state index in [1.54, 1.807) is 0 Å². The van der Waals surface area contributed by atoms with Gasteiger partial charge in [0.25, 0.3) is 0 Å². The molecule has 1 atom stereocenters. The number of rotatable bonds is 5. The van der Waals surface area contributed by atoms with Crippen molar-refractivity contribution in [3.05, 3.63) is 40.9 Å². The Balaban J connectivity index is 2.84. The van der Waals surface area contributed by atoms with E-state index >= 15 is 0 Å². The van der Waals surface area contributed by atoms with Crippen molar-refractivity contribution in [1.82, 2.24) is 0 Å². The van der Waals surface area contributed by atoms with Crippen molar-refractivity contribution in [3.63, 3.8) is 0 Å². The highest BCUT2D eigenvalue weighted by Gasteiger charge is 2.20. The predicted octanol–water partition coefficient (Wildman–Crippen LogP) is 4.19. The van der Waals surface area contributed by atoms with Crippen molar-refractivity contribution in [1.29, 1.82) is 0 Å². The normalized spacial score (nSPS) is 12.9. The quantitative estimate of drug-likeness (QED) is 0.747. The van der Waals surface area contributed by atoms with E-state index in [9.17, 15) is 4.79 Å². The molecule has 0 bridgehead atoms. The molecule has 0 saturated carbocycles. The third-order valence-electron chi connectivity index (χ3n) is 2.67. The van der Waals surface area contributed by atoms with Gasteiger partial charge in [0.2, 0.25) is 0 Å². The zero-order valence-corrected chi connectivity index (χ0v) is 11.8. The molecule has 0 amide bonds. The number of halogens is 1. The maximum absolute atomic E-state index is 11.8. The van der Waals surface area contributed by atoms with Crippen LogP contribution < -0.4 is 0 Å². The van der Waals surface area contributed by atoms with E-state index in [1.165, 1.54) is 0 Å². The number of carbonyl (C=O) groups excluding carboxylic acids is 1. The molecule has 1 aromatic carbocycles. The third kappa shape index (κ3) is 4.19. The first-order chi connectivity index (χ1) is 8.56. The highest BCUT2D eigenvalue weighted by Crippen LogP contribution is 2.20. The Morgan fingerprint density at radius 2 is 2.06 bits per heavy atom. The van der Waals surface area contributed by atoms with Gasteiger partial charge in [-0.15, -0.1) is 0 Å². The highest BCUT2D eigenvalue weighted by atomic mass is 35.5. The summed E-state index contributed by atoms with van der Waals surface area (Å²) in [5, 5.41) is 0.681. The smallest absolute Gasteiger partial charge is 0.313 e. The summed E-state index contributed by atoms with van der Waals surface area (Å²) in [7, 11) is 0. The van der Waals surface area contributed by atoms with Gasteiger partial charge in [-0.05, 0) is 24.5 Å². The number of ether oxygens (including phenoxy) is 1. The molecule has 1 unspecified atom stereocenters. The Morgan fingerprint density at radius 3 is 2.61 bits per heavy atom. The molecule has 1 rings (SSSR count). The van der Waals surface area contributed by atoms with Crippen LogP contribution in [0.15, 0.2) is 30.3 Å². The molecule has 0 fully saturated rings. The van der Waals surface area contributed by atoms with Gasteiger partial charge in [0.1, 0.15) is 0 Å². The van der Waals surface area contributed by atoms with Crippen LogP contribution in [0.1, 0.15) is 26.3 Å². The molecule has 0 N–H and O–H groups in total. The lowest BCUT2D eigenvalue weighted by atomic mass is 9.95. The Morgan fingerprint density at radius 1 is 1.39 bits per heavy atom. The number of hydrogen-bond acceptors (Lipinski definition) is 2. The first-order valence-electron chi connectivity index (χ1n) is 6.15. The van der Waals surface area contributed by atoms with Crippen LogP contribution in [0.2, 0.25) is 5.02 Å². The van der Waals surface area contributed by atoms with Gasteiger partial charge < -0.3 is 4.74 Å². The minimum Gasteiger partial charge on any atom is -0.466 e. The van der Waals surface area contributed by atoms with Crippen LogP contribution in [0.4, 0.5) is 0 Å². The first-order valence-corrected chi connectivity index (χ1v) is 6.53. The van der Waals surface area contributed by atoms with Crippen LogP contribution in [-0.2, 0) is 9.53 Å². The Kier molecular flexibility index (Phi) is 5.93. The minimum absolute atomic E-state index is 0.184. The van der Waals surface area contributed by atoms with Gasteiger partial charge in [-0.1, -0.05) is 55.8 Å². The van der Waals surface area contributed by atoms with Gasteiger partial charge in [0.05, 0.1) is 12.5 Å². The number of esters is 1. The monoisotopic (exact) mass is 266 g/mol. The summed E-state index contributed by atoms with van der Waals surface area (Å²) >= 11 is 6.06. The lowest BCUT2D eigenvalue weighted by molar-refractivity contribution is -0.147. The van der Waals surface area contributed by atoms with Gasteiger partial charge in [0, 0.05) is 5.02 Å². The van der Waals surface area contributed by atoms with E-state index in [0.717, 1.165) is 5.56 Å². The standard InChI is InChI=1S/C15H19ClO2/c1-4-18-15(17)13(11(2)3)10-9-12-7-5-6-8-14(12)16/h5-11,13H,4H2,1-3H3. The lowest BCUT2D eigenvalue weighted by Crippen LogP contribution is -2.20. The molecular formula is C15H19ClO2. The molecule has 1 aromatic rings. The lowest BCUT2D eigenvalue weighted by Gasteiger charge is -2.15. The van der Waals surface area contributed by atoms with E-state index in [-0.39, 0.29) is 17.8 Å². The summed E-state index contributed by atoms with van der Waals surface area (Å²) in [5.41, 5.74) is 0.911. The van der Waals surface area contributed by atoms with Gasteiger partial charge in [-0.2, -0.15) is 0 Å². The van der Waals surface area contributed by atoms with E-state index < -0.39 is 0 Å². The fourth-order valence-corrected chi connectivity index (χ4v) is 1.83. The maximum atomic E-state index is 11.8. The Labute approximate surface area is 114 Å². The molecule has 0 heterocycles. The first kappa shape index (κ1) is 14.8. The van der Waals surface area contributed by atoms with Crippen LogP contribution in [0.5, 0.6) is 0 Å². The van der Waals surface area contributed by atoms with Crippen molar-refractivity contribution in [2.24, 2.45) is 11.8 Å². The fourth-order valence-electron chi connectivity index (χ4n) is 1.63. The summed E-state index contributed by atoms with van der Waals surface area (Å²) in [4.78, 5) is 11.8. The van der Waals surface area contributed by atoms with Crippen molar-refractivity contribution in [3.8, 4) is 0 Å². The van der Waals surface area contributed by atoms with E-state index in [1.807, 2.05) is 57.2 Å². The largest absolute Gasteiger partial charge is 0.466 e. The van der Waals surface area contributed by atoms with Gasteiger partial charge in [0.15, 0.2) is 0 Å². The average Bonchev–Trinajstić information content (AvgIpc) is 2.31. The van der Waals surface area contributed by atoms with Crippen molar-refractivity contribution in [2.75, 3.05) is 6.61 Å². The van der Waals surface area contributed by atoms with Crippen LogP contribution in [0.25, 0.3) is 6.08 Å². The maximum Gasteiger partial charge on any atom is 0.313 e. The second-order valence-corrected chi connectivity index (χ2v) is 4.81. The van der Waals surface area contributed by atoms with Crippen molar-refractivity contribution >= 4 is 23.6 Å². The molecule has 98 valence electrons. The summed E-state index contributed by atoms with van der Waals surface area (Å²) in [6, 6.07) is 7.54. The molecule has 2 nitrogen and oxygen atoms in total. The van der Waals surface area contributed by atoms with Gasteiger partial charge in [-0.3, -0.25) is 4.79 Å². The SMILES string of the molecule is CCOC(=O)C(C=Cc1ccccc1Cl)C(C)C. The topological polar surface area (TPSA) is 26.3 Å². The molecule has 0 aliphatic carbocycles. The zero-order valence-electron chi connectivity index (χ0n) is 11.0. The summed E-state index contributed by atoms with van der Waals surface area (Å²) in [6.45, 7) is 6.21. The fraction of sp³-hybridized carbons (Fsp3) is 0.400. The summed E-state index contributed by atoms with van der Waals surface area (Å²) in [5.74, 6) is -0.222. The van der Waals surface area contributed by atoms with Gasteiger partial charge >= 0.3 is 5.97 Å². The number of carbonyl (C=O) groups is 1. The minimum atomic E-state index is -0.235. The molecule has 0 aliphatic heterocycles. The third-order valence-corrected chi connectivity index (χ3v) is 3.01. The van der Waals surface area contributed by atoms with Crippen molar-refractivity contribution in [2.45, 2.75) is 20.8 Å². The van der Waals surface area contributed by atoms with E-state index in [4.69, 9.17) is 16.3 Å². The average molecular weight is 267 g/mol. The summed E-state index contributed by atoms with van der Waals surface area (Å²) < 4.78 is 5.06. The van der Waals surface area contributed by atoms with E-state index in [2.05, 4.69) is 0 Å². The Bertz CT molecular complexity index is 424. The molecule has 3 heteroatoms. The summed E-state index contributed by atoms with van der Waals surface area (Å²) in [6.07, 6.45) is 3.74. The Hall–Kier alpha value is -1.28. The van der Waals surface area contributed by atoms with Crippen molar-refractivity contribution < 1.29 is 9.53 Å². The molecule has 0 aliphatic rings. The van der Waals surface area contributed by atoms with Crippen LogP contribution in [0, 0.1) is 11.8 Å². The molecule has 0 radical (unpaired) electrons. The second-order valence-electron chi connectivity index (χ2n) is 4.40. The second kappa shape index (κ2) is 7.22. The zero-order chi connectivity index (χ0) is 13.5. The molecule has 0 saturated heterocycles. The number of benzene rings is 1. The van der Waals surface area contributed by atoms with E-state index in [0.29, 0.717) is 11.6 Å². The van der Waals surface area contributed by atoms with Crippen LogP contribution in [0.3, 0.4) is 0 Å². The number of hydrogen-bond donors (Lipinski definition) is 0. The highest BCUT2D eigenvalue weighted by molar-refractivity contribution is 6.32. The predicted molar refractivity (Wildman–Crippen MR) is 75.4 cm³/mol. The molecular weight excluding hydrogens is 248 g/mol. The van der Waals surface area contributed by atoms with Crippen LogP contribution >= 0.6 is 11.6 Å². The van der Waals surface area contributed by atoms with Crippen LogP contribution in [-0.4, -0.2) is 12.6 Å². The molecule has 0 spiro atoms. The molecule has 18 heavy (non-hydrogen) atoms. The van der Waals surface area contributed by atoms with Gasteiger partial charge in [-0.25, -0.2) is 0 Å².